The third-order valence-corrected chi connectivity index (χ3v) is 6.11. The Bertz CT molecular complexity index is 599. The third-order valence-electron chi connectivity index (χ3n) is 5.89. The first-order chi connectivity index (χ1) is 11.9. The lowest BCUT2D eigenvalue weighted by molar-refractivity contribution is 0.0191. The number of nitrogens with zero attached hydrogens (tertiary/aromatic N) is 1. The van der Waals surface area contributed by atoms with Gasteiger partial charge in [0.2, 0.25) is 0 Å². The highest BCUT2D eigenvalue weighted by atomic mass is 32.1. The highest BCUT2D eigenvalue weighted by Crippen LogP contribution is 2.34. The van der Waals surface area contributed by atoms with E-state index in [1.165, 1.54) is 49.8 Å². The van der Waals surface area contributed by atoms with Crippen molar-refractivity contribution < 1.29 is 0 Å². The third kappa shape index (κ3) is 4.53. The first kappa shape index (κ1) is 18.7. The molecule has 0 radical (unpaired) electrons. The number of aryl methyl sites for hydroxylation is 1. The molecule has 2 heterocycles. The Morgan fingerprint density at radius 3 is 2.52 bits per heavy atom. The fourth-order valence-corrected chi connectivity index (χ4v) is 4.82. The predicted octanol–water partition coefficient (Wildman–Crippen LogP) is 4.63. The maximum atomic E-state index is 5.61. The molecule has 2 saturated heterocycles. The summed E-state index contributed by atoms with van der Waals surface area (Å²) in [6.45, 7) is 10.2. The van der Waals surface area contributed by atoms with Crippen LogP contribution in [0.15, 0.2) is 18.2 Å². The van der Waals surface area contributed by atoms with Gasteiger partial charge in [-0.1, -0.05) is 32.4 Å². The van der Waals surface area contributed by atoms with E-state index >= 15 is 0 Å². The van der Waals surface area contributed by atoms with E-state index in [9.17, 15) is 0 Å². The van der Waals surface area contributed by atoms with Gasteiger partial charge in [0.1, 0.15) is 0 Å². The first-order valence-corrected chi connectivity index (χ1v) is 10.2. The van der Waals surface area contributed by atoms with Crippen LogP contribution in [0.3, 0.4) is 0 Å². The van der Waals surface area contributed by atoms with Gasteiger partial charge in [0.15, 0.2) is 5.11 Å². The Morgan fingerprint density at radius 2 is 1.88 bits per heavy atom. The number of thiocarbonyl (C=S) groups is 1. The zero-order chi connectivity index (χ0) is 18.0. The molecule has 0 saturated carbocycles. The topological polar surface area (TPSA) is 27.3 Å². The number of benzene rings is 1. The summed E-state index contributed by atoms with van der Waals surface area (Å²) in [5.74, 6) is 0.750. The number of anilines is 1. The SMILES string of the molecule is Cc1cccc(NC(=S)NC2C[C@H]3CCC[C@@H](C2)N3CC(C)C)c1C. The van der Waals surface area contributed by atoms with E-state index in [0.29, 0.717) is 6.04 Å². The molecule has 25 heavy (non-hydrogen) atoms. The van der Waals surface area contributed by atoms with Gasteiger partial charge in [-0.3, -0.25) is 4.90 Å². The van der Waals surface area contributed by atoms with Crippen LogP contribution in [0.2, 0.25) is 0 Å². The van der Waals surface area contributed by atoms with Gasteiger partial charge in [-0.2, -0.15) is 0 Å². The number of rotatable bonds is 4. The monoisotopic (exact) mass is 359 g/mol. The van der Waals surface area contributed by atoms with Crippen LogP contribution in [-0.2, 0) is 0 Å². The summed E-state index contributed by atoms with van der Waals surface area (Å²) in [6.07, 6.45) is 6.52. The van der Waals surface area contributed by atoms with Crippen molar-refractivity contribution in [3.8, 4) is 0 Å². The highest BCUT2D eigenvalue weighted by molar-refractivity contribution is 7.80. The molecular formula is C21H33N3S. The molecule has 0 amide bonds. The van der Waals surface area contributed by atoms with Crippen molar-refractivity contribution in [3.05, 3.63) is 29.3 Å². The van der Waals surface area contributed by atoms with Gasteiger partial charge in [-0.25, -0.2) is 0 Å². The van der Waals surface area contributed by atoms with E-state index in [4.69, 9.17) is 12.2 Å². The Morgan fingerprint density at radius 1 is 1.20 bits per heavy atom. The average molecular weight is 360 g/mol. The number of hydrogen-bond acceptors (Lipinski definition) is 2. The molecule has 0 aromatic heterocycles. The van der Waals surface area contributed by atoms with E-state index < -0.39 is 0 Å². The summed E-state index contributed by atoms with van der Waals surface area (Å²) in [5.41, 5.74) is 3.69. The minimum absolute atomic E-state index is 0.504. The number of piperidine rings is 2. The van der Waals surface area contributed by atoms with Crippen LogP contribution in [0.4, 0.5) is 5.69 Å². The highest BCUT2D eigenvalue weighted by Gasteiger charge is 2.38. The van der Waals surface area contributed by atoms with Gasteiger partial charge >= 0.3 is 0 Å². The Kier molecular flexibility index (Phi) is 6.00. The van der Waals surface area contributed by atoms with E-state index in [0.717, 1.165) is 28.8 Å². The average Bonchev–Trinajstić information content (AvgIpc) is 2.52. The molecule has 3 nitrogen and oxygen atoms in total. The molecule has 3 atom stereocenters. The fraction of sp³-hybridized carbons (Fsp3) is 0.667. The second kappa shape index (κ2) is 8.05. The summed E-state index contributed by atoms with van der Waals surface area (Å²) in [4.78, 5) is 2.79. The van der Waals surface area contributed by atoms with Crippen molar-refractivity contribution >= 4 is 23.0 Å². The summed E-state index contributed by atoms with van der Waals surface area (Å²) in [5, 5.41) is 7.80. The Hall–Kier alpha value is -1.13. The van der Waals surface area contributed by atoms with Gasteiger partial charge in [0, 0.05) is 30.4 Å². The Labute approximate surface area is 158 Å². The number of nitrogens with one attached hydrogen (secondary N) is 2. The van der Waals surface area contributed by atoms with Gasteiger partial charge in [-0.15, -0.1) is 0 Å². The van der Waals surface area contributed by atoms with E-state index in [-0.39, 0.29) is 0 Å². The largest absolute Gasteiger partial charge is 0.360 e. The molecule has 2 aliphatic rings. The van der Waals surface area contributed by atoms with Crippen LogP contribution in [0.5, 0.6) is 0 Å². The van der Waals surface area contributed by atoms with Gasteiger partial charge in [-0.05, 0) is 74.9 Å². The van der Waals surface area contributed by atoms with Crippen molar-refractivity contribution in [2.24, 2.45) is 5.92 Å². The second-order valence-electron chi connectivity index (χ2n) is 8.34. The maximum absolute atomic E-state index is 5.61. The van der Waals surface area contributed by atoms with Crippen molar-refractivity contribution in [2.75, 3.05) is 11.9 Å². The van der Waals surface area contributed by atoms with Crippen molar-refractivity contribution in [2.45, 2.75) is 77.9 Å². The lowest BCUT2D eigenvalue weighted by atomic mass is 9.81. The predicted molar refractivity (Wildman–Crippen MR) is 111 cm³/mol. The van der Waals surface area contributed by atoms with Crippen LogP contribution < -0.4 is 10.6 Å². The molecule has 2 aliphatic heterocycles. The van der Waals surface area contributed by atoms with E-state index in [1.54, 1.807) is 0 Å². The zero-order valence-corrected chi connectivity index (χ0v) is 17.0. The van der Waals surface area contributed by atoms with Crippen LogP contribution in [0.25, 0.3) is 0 Å². The molecule has 0 spiro atoms. The fourth-order valence-electron chi connectivity index (χ4n) is 4.55. The molecule has 2 bridgehead atoms. The molecule has 2 N–H and O–H groups in total. The minimum Gasteiger partial charge on any atom is -0.360 e. The van der Waals surface area contributed by atoms with E-state index in [1.807, 2.05) is 0 Å². The van der Waals surface area contributed by atoms with Crippen LogP contribution in [-0.4, -0.2) is 34.7 Å². The van der Waals surface area contributed by atoms with Crippen molar-refractivity contribution in [3.63, 3.8) is 0 Å². The first-order valence-electron chi connectivity index (χ1n) is 9.83. The van der Waals surface area contributed by atoms with Crippen LogP contribution in [0.1, 0.15) is 57.1 Å². The zero-order valence-electron chi connectivity index (χ0n) is 16.1. The molecule has 138 valence electrons. The maximum Gasteiger partial charge on any atom is 0.171 e. The molecule has 1 aromatic rings. The summed E-state index contributed by atoms with van der Waals surface area (Å²) < 4.78 is 0. The van der Waals surface area contributed by atoms with Crippen LogP contribution in [0, 0.1) is 19.8 Å². The minimum atomic E-state index is 0.504. The molecule has 1 unspecified atom stereocenters. The van der Waals surface area contributed by atoms with Crippen molar-refractivity contribution in [1.29, 1.82) is 0 Å². The van der Waals surface area contributed by atoms with Crippen LogP contribution >= 0.6 is 12.2 Å². The van der Waals surface area contributed by atoms with Gasteiger partial charge < -0.3 is 10.6 Å². The summed E-state index contributed by atoms with van der Waals surface area (Å²) >= 11 is 5.61. The quantitative estimate of drug-likeness (QED) is 0.767. The second-order valence-corrected chi connectivity index (χ2v) is 8.75. The van der Waals surface area contributed by atoms with Gasteiger partial charge in [0.25, 0.3) is 0 Å². The molecule has 4 heteroatoms. The standard InChI is InChI=1S/C21H33N3S/c1-14(2)13-24-18-8-6-9-19(24)12-17(11-18)22-21(25)23-20-10-5-7-15(3)16(20)4/h5,7,10,14,17-19H,6,8-9,11-13H2,1-4H3,(H2,22,23,25)/t17?,18-,19+. The molecule has 0 aliphatic carbocycles. The molecular weight excluding hydrogens is 326 g/mol. The Balaban J connectivity index is 1.59. The molecule has 3 rings (SSSR count). The lowest BCUT2D eigenvalue weighted by Gasteiger charge is -2.49. The van der Waals surface area contributed by atoms with Gasteiger partial charge in [0.05, 0.1) is 0 Å². The summed E-state index contributed by atoms with van der Waals surface area (Å²) in [6, 6.07) is 8.30. The lowest BCUT2D eigenvalue weighted by Crippen LogP contribution is -2.58. The summed E-state index contributed by atoms with van der Waals surface area (Å²) in [7, 11) is 0. The number of fused-ring (bicyclic) bond motifs is 2. The van der Waals surface area contributed by atoms with E-state index in [2.05, 4.69) is 61.4 Å². The smallest absolute Gasteiger partial charge is 0.171 e. The van der Waals surface area contributed by atoms with Crippen molar-refractivity contribution in [1.82, 2.24) is 10.2 Å². The molecule has 1 aromatic carbocycles. The molecule has 2 fully saturated rings. The number of hydrogen-bond donors (Lipinski definition) is 2. The normalized spacial score (nSPS) is 26.5.